The number of benzene rings is 1. The van der Waals surface area contributed by atoms with Crippen LogP contribution in [0.25, 0.3) is 22.3 Å². The highest BCUT2D eigenvalue weighted by atomic mass is 16.6. The summed E-state index contributed by atoms with van der Waals surface area (Å²) in [5.74, 6) is -0.534. The van der Waals surface area contributed by atoms with Crippen molar-refractivity contribution in [2.75, 3.05) is 6.61 Å². The van der Waals surface area contributed by atoms with E-state index in [1.165, 1.54) is 0 Å². The van der Waals surface area contributed by atoms with Gasteiger partial charge in [-0.1, -0.05) is 29.4 Å². The molecule has 20 heavy (non-hydrogen) atoms. The third-order valence-corrected chi connectivity index (χ3v) is 2.76. The molecule has 3 aromatic rings. The highest BCUT2D eigenvalue weighted by Crippen LogP contribution is 2.24. The topological polar surface area (TPSA) is 78.1 Å². The average molecular weight is 269 g/mol. The van der Waals surface area contributed by atoms with Crippen molar-refractivity contribution < 1.29 is 14.1 Å². The number of aromatic nitrogens is 3. The zero-order valence-electron chi connectivity index (χ0n) is 10.7. The Kier molecular flexibility index (Phi) is 3.12. The minimum Gasteiger partial charge on any atom is -0.459 e. The molecule has 0 fully saturated rings. The Morgan fingerprint density at radius 3 is 3.00 bits per heavy atom. The van der Waals surface area contributed by atoms with Gasteiger partial charge in [0.05, 0.1) is 6.61 Å². The highest BCUT2D eigenvalue weighted by Gasteiger charge is 2.18. The third kappa shape index (κ3) is 2.11. The molecule has 0 aliphatic heterocycles. The van der Waals surface area contributed by atoms with Gasteiger partial charge in [-0.25, -0.2) is 4.79 Å². The number of fused-ring (bicyclic) bond motifs is 1. The second-order valence-corrected chi connectivity index (χ2v) is 4.02. The van der Waals surface area contributed by atoms with Gasteiger partial charge in [0, 0.05) is 11.6 Å². The summed E-state index contributed by atoms with van der Waals surface area (Å²) in [5, 5.41) is 5.70. The molecule has 0 saturated carbocycles. The zero-order valence-corrected chi connectivity index (χ0v) is 10.7. The summed E-state index contributed by atoms with van der Waals surface area (Å²) >= 11 is 0. The van der Waals surface area contributed by atoms with Gasteiger partial charge in [-0.3, -0.25) is 4.98 Å². The predicted molar refractivity (Wildman–Crippen MR) is 71.0 cm³/mol. The molecule has 1 aromatic carbocycles. The number of carbonyl (C=O) groups is 1. The van der Waals surface area contributed by atoms with Crippen LogP contribution in [-0.2, 0) is 4.74 Å². The Hall–Kier alpha value is -2.76. The maximum absolute atomic E-state index is 11.5. The van der Waals surface area contributed by atoms with Crippen LogP contribution < -0.4 is 0 Å². The minimum atomic E-state index is -0.633. The maximum atomic E-state index is 11.5. The molecule has 6 heteroatoms. The monoisotopic (exact) mass is 269 g/mol. The number of esters is 1. The van der Waals surface area contributed by atoms with Crippen LogP contribution in [0.4, 0.5) is 0 Å². The van der Waals surface area contributed by atoms with E-state index in [0.717, 1.165) is 10.8 Å². The fourth-order valence-corrected chi connectivity index (χ4v) is 1.89. The van der Waals surface area contributed by atoms with Gasteiger partial charge in [0.25, 0.3) is 0 Å². The van der Waals surface area contributed by atoms with Gasteiger partial charge in [-0.15, -0.1) is 0 Å². The Bertz CT molecular complexity index is 762. The predicted octanol–water partition coefficient (Wildman–Crippen LogP) is 2.46. The summed E-state index contributed by atoms with van der Waals surface area (Å²) in [4.78, 5) is 19.8. The summed E-state index contributed by atoms with van der Waals surface area (Å²) in [6.45, 7) is 1.96. The van der Waals surface area contributed by atoms with E-state index in [1.807, 2.05) is 30.3 Å². The van der Waals surface area contributed by atoms with E-state index in [2.05, 4.69) is 15.1 Å². The van der Waals surface area contributed by atoms with Gasteiger partial charge in [0.1, 0.15) is 5.69 Å². The van der Waals surface area contributed by atoms with Gasteiger partial charge in [-0.05, 0) is 18.4 Å². The quantitative estimate of drug-likeness (QED) is 0.679. The standard InChI is InChI=1S/C14H11N3O3/c1-2-19-14(18)13-16-12(17-20-13)11-10-6-4-3-5-9(10)7-8-15-11/h3-8H,2H2,1H3. The van der Waals surface area contributed by atoms with Crippen molar-refractivity contribution in [3.8, 4) is 11.5 Å². The lowest BCUT2D eigenvalue weighted by Crippen LogP contribution is -2.04. The maximum Gasteiger partial charge on any atom is 0.397 e. The van der Waals surface area contributed by atoms with Crippen molar-refractivity contribution in [2.24, 2.45) is 0 Å². The van der Waals surface area contributed by atoms with Crippen LogP contribution in [0, 0.1) is 0 Å². The summed E-state index contributed by atoms with van der Waals surface area (Å²) in [7, 11) is 0. The molecule has 0 unspecified atom stereocenters. The van der Waals surface area contributed by atoms with E-state index in [1.54, 1.807) is 13.1 Å². The van der Waals surface area contributed by atoms with Crippen molar-refractivity contribution in [3.63, 3.8) is 0 Å². The van der Waals surface area contributed by atoms with Crippen LogP contribution >= 0.6 is 0 Å². The number of ether oxygens (including phenoxy) is 1. The van der Waals surface area contributed by atoms with Crippen LogP contribution in [-0.4, -0.2) is 27.7 Å². The van der Waals surface area contributed by atoms with E-state index >= 15 is 0 Å². The van der Waals surface area contributed by atoms with E-state index in [0.29, 0.717) is 5.69 Å². The number of nitrogens with zero attached hydrogens (tertiary/aromatic N) is 3. The summed E-state index contributed by atoms with van der Waals surface area (Å²) in [6, 6.07) is 9.61. The highest BCUT2D eigenvalue weighted by molar-refractivity contribution is 5.93. The van der Waals surface area contributed by atoms with Crippen LogP contribution in [0.5, 0.6) is 0 Å². The van der Waals surface area contributed by atoms with E-state index in [4.69, 9.17) is 9.26 Å². The molecule has 0 atom stereocenters. The SMILES string of the molecule is CCOC(=O)c1nc(-c2nccc3ccccc23)no1. The van der Waals surface area contributed by atoms with Crippen LogP contribution in [0.1, 0.15) is 17.6 Å². The molecule has 2 heterocycles. The summed E-state index contributed by atoms with van der Waals surface area (Å²) in [6.07, 6.45) is 1.66. The Morgan fingerprint density at radius 2 is 2.15 bits per heavy atom. The Labute approximate surface area is 114 Å². The third-order valence-electron chi connectivity index (χ3n) is 2.76. The summed E-state index contributed by atoms with van der Waals surface area (Å²) < 4.78 is 9.72. The van der Waals surface area contributed by atoms with Gasteiger partial charge < -0.3 is 9.26 Å². The molecule has 0 radical (unpaired) electrons. The van der Waals surface area contributed by atoms with E-state index < -0.39 is 5.97 Å². The van der Waals surface area contributed by atoms with E-state index in [9.17, 15) is 4.79 Å². The van der Waals surface area contributed by atoms with Crippen molar-refractivity contribution in [1.29, 1.82) is 0 Å². The first kappa shape index (κ1) is 12.3. The molecular formula is C14H11N3O3. The number of hydrogen-bond acceptors (Lipinski definition) is 6. The molecule has 0 aliphatic carbocycles. The molecule has 0 N–H and O–H groups in total. The number of rotatable bonds is 3. The Morgan fingerprint density at radius 1 is 1.30 bits per heavy atom. The zero-order chi connectivity index (χ0) is 13.9. The fourth-order valence-electron chi connectivity index (χ4n) is 1.89. The molecule has 0 saturated heterocycles. The second kappa shape index (κ2) is 5.08. The van der Waals surface area contributed by atoms with E-state index in [-0.39, 0.29) is 18.3 Å². The fraction of sp³-hybridized carbons (Fsp3) is 0.143. The molecule has 100 valence electrons. The molecular weight excluding hydrogens is 258 g/mol. The number of carbonyl (C=O) groups excluding carboxylic acids is 1. The average Bonchev–Trinajstić information content (AvgIpc) is 2.97. The second-order valence-electron chi connectivity index (χ2n) is 4.02. The molecule has 0 spiro atoms. The molecule has 3 rings (SSSR count). The summed E-state index contributed by atoms with van der Waals surface area (Å²) in [5.41, 5.74) is 0.572. The van der Waals surface area contributed by atoms with Gasteiger partial charge >= 0.3 is 11.9 Å². The van der Waals surface area contributed by atoms with Crippen molar-refractivity contribution in [1.82, 2.24) is 15.1 Å². The lowest BCUT2D eigenvalue weighted by atomic mass is 10.1. The van der Waals surface area contributed by atoms with Gasteiger partial charge in [0.2, 0.25) is 5.82 Å². The lowest BCUT2D eigenvalue weighted by molar-refractivity contribution is 0.0470. The first-order valence-electron chi connectivity index (χ1n) is 6.14. The molecule has 0 amide bonds. The Balaban J connectivity index is 2.06. The first-order chi connectivity index (χ1) is 9.79. The normalized spacial score (nSPS) is 10.7. The van der Waals surface area contributed by atoms with Crippen molar-refractivity contribution in [2.45, 2.75) is 6.92 Å². The molecule has 2 aromatic heterocycles. The molecule has 0 aliphatic rings. The van der Waals surface area contributed by atoms with Crippen molar-refractivity contribution >= 4 is 16.7 Å². The largest absolute Gasteiger partial charge is 0.459 e. The van der Waals surface area contributed by atoms with Crippen LogP contribution in [0.2, 0.25) is 0 Å². The van der Waals surface area contributed by atoms with Crippen molar-refractivity contribution in [3.05, 3.63) is 42.4 Å². The van der Waals surface area contributed by atoms with Gasteiger partial charge in [-0.2, -0.15) is 4.98 Å². The van der Waals surface area contributed by atoms with Crippen LogP contribution in [0.15, 0.2) is 41.1 Å². The molecule has 0 bridgehead atoms. The smallest absolute Gasteiger partial charge is 0.397 e. The number of pyridine rings is 1. The van der Waals surface area contributed by atoms with Gasteiger partial charge in [0.15, 0.2) is 0 Å². The lowest BCUT2D eigenvalue weighted by Gasteiger charge is -2.00. The first-order valence-corrected chi connectivity index (χ1v) is 6.14. The molecule has 6 nitrogen and oxygen atoms in total. The van der Waals surface area contributed by atoms with Crippen LogP contribution in [0.3, 0.4) is 0 Å². The minimum absolute atomic E-state index is 0.170. The number of hydrogen-bond donors (Lipinski definition) is 0.